The van der Waals surface area contributed by atoms with Crippen LogP contribution in [0.5, 0.6) is 0 Å². The van der Waals surface area contributed by atoms with Gasteiger partial charge in [-0.25, -0.2) is 0 Å². The van der Waals surface area contributed by atoms with Crippen LogP contribution >= 0.6 is 11.3 Å². The Balaban J connectivity index is 2.79. The third kappa shape index (κ3) is 5.98. The number of aliphatic hydroxyl groups is 1. The number of carbonyl (C=O) groups is 2. The third-order valence-corrected chi connectivity index (χ3v) is 3.67. The van der Waals surface area contributed by atoms with Crippen molar-refractivity contribution in [2.45, 2.75) is 26.2 Å². The third-order valence-electron chi connectivity index (χ3n) is 2.68. The van der Waals surface area contributed by atoms with Crippen LogP contribution in [0, 0.1) is 11.8 Å². The SMILES string of the molecule is CCCCN(CC(N)=O)C(=O)c1ccc(C#CCCO)s1. The first kappa shape index (κ1) is 17.2. The molecule has 0 aliphatic carbocycles. The summed E-state index contributed by atoms with van der Waals surface area (Å²) < 4.78 is 0. The molecule has 0 saturated carbocycles. The Kier molecular flexibility index (Phi) is 7.51. The Morgan fingerprint density at radius 3 is 2.81 bits per heavy atom. The number of hydrogen-bond donors (Lipinski definition) is 2. The van der Waals surface area contributed by atoms with Gasteiger partial charge in [-0.1, -0.05) is 25.2 Å². The zero-order chi connectivity index (χ0) is 15.7. The molecule has 3 N–H and O–H groups in total. The number of unbranched alkanes of at least 4 members (excludes halogenated alkanes) is 1. The molecule has 0 unspecified atom stereocenters. The highest BCUT2D eigenvalue weighted by molar-refractivity contribution is 7.14. The van der Waals surface area contributed by atoms with Crippen molar-refractivity contribution >= 4 is 23.2 Å². The van der Waals surface area contributed by atoms with E-state index in [0.717, 1.165) is 17.7 Å². The smallest absolute Gasteiger partial charge is 0.264 e. The number of nitrogens with two attached hydrogens (primary N) is 1. The van der Waals surface area contributed by atoms with Gasteiger partial charge in [0.1, 0.15) is 0 Å². The van der Waals surface area contributed by atoms with Crippen molar-refractivity contribution in [1.82, 2.24) is 4.90 Å². The van der Waals surface area contributed by atoms with Gasteiger partial charge >= 0.3 is 0 Å². The van der Waals surface area contributed by atoms with E-state index in [0.29, 0.717) is 17.8 Å². The molecule has 6 heteroatoms. The van der Waals surface area contributed by atoms with Crippen molar-refractivity contribution in [3.63, 3.8) is 0 Å². The maximum absolute atomic E-state index is 12.4. The van der Waals surface area contributed by atoms with Crippen molar-refractivity contribution in [2.24, 2.45) is 5.73 Å². The molecule has 0 aliphatic rings. The summed E-state index contributed by atoms with van der Waals surface area (Å²) in [6.07, 6.45) is 2.17. The van der Waals surface area contributed by atoms with E-state index in [1.54, 1.807) is 12.1 Å². The first-order valence-electron chi connectivity index (χ1n) is 6.85. The van der Waals surface area contributed by atoms with Gasteiger partial charge in [0.15, 0.2) is 0 Å². The molecule has 0 spiro atoms. The molecule has 0 radical (unpaired) electrons. The minimum absolute atomic E-state index is 0.0214. The number of rotatable bonds is 7. The summed E-state index contributed by atoms with van der Waals surface area (Å²) >= 11 is 1.28. The molecule has 2 amide bonds. The molecule has 0 fully saturated rings. The van der Waals surface area contributed by atoms with Crippen LogP contribution in [0.1, 0.15) is 40.7 Å². The predicted molar refractivity (Wildman–Crippen MR) is 82.9 cm³/mol. The summed E-state index contributed by atoms with van der Waals surface area (Å²) in [5, 5.41) is 8.67. The summed E-state index contributed by atoms with van der Waals surface area (Å²) in [5.74, 6) is 4.99. The van der Waals surface area contributed by atoms with E-state index >= 15 is 0 Å². The Hall–Kier alpha value is -1.84. The van der Waals surface area contributed by atoms with E-state index < -0.39 is 5.91 Å². The number of amides is 2. The van der Waals surface area contributed by atoms with Crippen LogP contribution in [0.2, 0.25) is 0 Å². The first-order chi connectivity index (χ1) is 10.1. The fourth-order valence-corrected chi connectivity index (χ4v) is 2.52. The average molecular weight is 308 g/mol. The van der Waals surface area contributed by atoms with Crippen LogP contribution in [0.25, 0.3) is 0 Å². The number of aliphatic hydroxyl groups excluding tert-OH is 1. The molecule has 1 rings (SSSR count). The topological polar surface area (TPSA) is 83.6 Å². The molecule has 1 aromatic rings. The monoisotopic (exact) mass is 308 g/mol. The summed E-state index contributed by atoms with van der Waals surface area (Å²) in [6, 6.07) is 3.47. The lowest BCUT2D eigenvalue weighted by Gasteiger charge is -2.19. The molecule has 1 heterocycles. The lowest BCUT2D eigenvalue weighted by atomic mass is 10.3. The molecule has 0 aromatic carbocycles. The van der Waals surface area contributed by atoms with Gasteiger partial charge in [0.2, 0.25) is 5.91 Å². The number of carbonyl (C=O) groups excluding carboxylic acids is 2. The molecule has 0 atom stereocenters. The molecular weight excluding hydrogens is 288 g/mol. The van der Waals surface area contributed by atoms with E-state index in [4.69, 9.17) is 10.8 Å². The fourth-order valence-electron chi connectivity index (χ4n) is 1.67. The Morgan fingerprint density at radius 2 is 2.19 bits per heavy atom. The molecule has 21 heavy (non-hydrogen) atoms. The van der Waals surface area contributed by atoms with E-state index in [-0.39, 0.29) is 19.1 Å². The fraction of sp³-hybridized carbons (Fsp3) is 0.467. The first-order valence-corrected chi connectivity index (χ1v) is 7.67. The minimum Gasteiger partial charge on any atom is -0.395 e. The molecule has 1 aromatic heterocycles. The van der Waals surface area contributed by atoms with Crippen molar-refractivity contribution in [1.29, 1.82) is 0 Å². The van der Waals surface area contributed by atoms with Gasteiger partial charge in [-0.05, 0) is 18.6 Å². The summed E-state index contributed by atoms with van der Waals surface area (Å²) in [7, 11) is 0. The quantitative estimate of drug-likeness (QED) is 0.743. The van der Waals surface area contributed by atoms with Gasteiger partial charge in [0, 0.05) is 13.0 Å². The summed E-state index contributed by atoms with van der Waals surface area (Å²) in [4.78, 5) is 26.2. The average Bonchev–Trinajstić information content (AvgIpc) is 2.91. The zero-order valence-electron chi connectivity index (χ0n) is 12.1. The predicted octanol–water partition coefficient (Wildman–Crippen LogP) is 1.21. The maximum Gasteiger partial charge on any atom is 0.264 e. The van der Waals surface area contributed by atoms with Crippen LogP contribution in [0.15, 0.2) is 12.1 Å². The number of primary amides is 1. The van der Waals surface area contributed by atoms with E-state index in [9.17, 15) is 9.59 Å². The number of thiophene rings is 1. The Bertz CT molecular complexity index is 543. The van der Waals surface area contributed by atoms with Gasteiger partial charge < -0.3 is 15.7 Å². The van der Waals surface area contributed by atoms with Gasteiger partial charge in [-0.3, -0.25) is 9.59 Å². The molecule has 0 saturated heterocycles. The normalized spacial score (nSPS) is 9.81. The van der Waals surface area contributed by atoms with E-state index in [1.165, 1.54) is 16.2 Å². The highest BCUT2D eigenvalue weighted by atomic mass is 32.1. The zero-order valence-corrected chi connectivity index (χ0v) is 12.9. The van der Waals surface area contributed by atoms with Crippen LogP contribution in [-0.4, -0.2) is 41.5 Å². The molecule has 114 valence electrons. The second-order valence-corrected chi connectivity index (χ2v) is 5.57. The molecule has 0 aliphatic heterocycles. The number of hydrogen-bond acceptors (Lipinski definition) is 4. The van der Waals surface area contributed by atoms with E-state index in [1.807, 2.05) is 6.92 Å². The molecule has 5 nitrogen and oxygen atoms in total. The standard InChI is InChI=1S/C15H20N2O3S/c1-2-3-9-17(11-14(16)19)15(20)13-8-7-12(21-13)6-4-5-10-18/h7-8,18H,2-3,5,9-11H2,1H3,(H2,16,19). The molecular formula is C15H20N2O3S. The largest absolute Gasteiger partial charge is 0.395 e. The van der Waals surface area contributed by atoms with Crippen LogP contribution in [-0.2, 0) is 4.79 Å². The number of nitrogens with zero attached hydrogens (tertiary/aromatic N) is 1. The lowest BCUT2D eigenvalue weighted by molar-refractivity contribution is -0.118. The van der Waals surface area contributed by atoms with Crippen molar-refractivity contribution in [3.8, 4) is 11.8 Å². The molecule has 0 bridgehead atoms. The maximum atomic E-state index is 12.4. The van der Waals surface area contributed by atoms with Gasteiger partial charge in [-0.2, -0.15) is 0 Å². The highest BCUT2D eigenvalue weighted by Crippen LogP contribution is 2.18. The summed E-state index contributed by atoms with van der Waals surface area (Å²) in [5.41, 5.74) is 5.19. The van der Waals surface area contributed by atoms with E-state index in [2.05, 4.69) is 11.8 Å². The van der Waals surface area contributed by atoms with Crippen molar-refractivity contribution in [2.75, 3.05) is 19.7 Å². The Labute approximate surface area is 128 Å². The van der Waals surface area contributed by atoms with Gasteiger partial charge in [0.25, 0.3) is 5.91 Å². The second-order valence-electron chi connectivity index (χ2n) is 4.49. The van der Waals surface area contributed by atoms with Crippen molar-refractivity contribution in [3.05, 3.63) is 21.9 Å². The van der Waals surface area contributed by atoms with Gasteiger partial charge in [-0.15, -0.1) is 11.3 Å². The summed E-state index contributed by atoms with van der Waals surface area (Å²) in [6.45, 7) is 2.49. The minimum atomic E-state index is -0.515. The Morgan fingerprint density at radius 1 is 1.43 bits per heavy atom. The van der Waals surface area contributed by atoms with Crippen LogP contribution < -0.4 is 5.73 Å². The van der Waals surface area contributed by atoms with Crippen LogP contribution in [0.3, 0.4) is 0 Å². The van der Waals surface area contributed by atoms with Gasteiger partial charge in [0.05, 0.1) is 22.9 Å². The van der Waals surface area contributed by atoms with Crippen molar-refractivity contribution < 1.29 is 14.7 Å². The van der Waals surface area contributed by atoms with Crippen LogP contribution in [0.4, 0.5) is 0 Å². The second kappa shape index (κ2) is 9.16. The lowest BCUT2D eigenvalue weighted by Crippen LogP contribution is -2.38. The highest BCUT2D eigenvalue weighted by Gasteiger charge is 2.18.